The van der Waals surface area contributed by atoms with Gasteiger partial charge in [-0.25, -0.2) is 4.98 Å². The molecule has 0 aliphatic heterocycles. The molecular formula is C15H13Cl2N3O. The van der Waals surface area contributed by atoms with E-state index in [2.05, 4.69) is 9.97 Å². The lowest BCUT2D eigenvalue weighted by molar-refractivity contribution is 0.413. The van der Waals surface area contributed by atoms with Gasteiger partial charge in [0.25, 0.3) is 0 Å². The molecule has 3 rings (SSSR count). The largest absolute Gasteiger partial charge is 0.495 e. The van der Waals surface area contributed by atoms with E-state index >= 15 is 0 Å². The number of hydrogen-bond donors (Lipinski definition) is 0. The molecule has 0 aliphatic rings. The van der Waals surface area contributed by atoms with E-state index in [4.69, 9.17) is 27.9 Å². The highest BCUT2D eigenvalue weighted by Gasteiger charge is 2.16. The van der Waals surface area contributed by atoms with Gasteiger partial charge in [0.1, 0.15) is 17.1 Å². The summed E-state index contributed by atoms with van der Waals surface area (Å²) in [5, 5.41) is 0.661. The molecule has 1 aromatic carbocycles. The Morgan fingerprint density at radius 2 is 2.14 bits per heavy atom. The van der Waals surface area contributed by atoms with Crippen molar-refractivity contribution in [2.75, 3.05) is 7.11 Å². The van der Waals surface area contributed by atoms with Crippen molar-refractivity contribution in [3.8, 4) is 11.4 Å². The van der Waals surface area contributed by atoms with Gasteiger partial charge < -0.3 is 4.74 Å². The van der Waals surface area contributed by atoms with Crippen LogP contribution in [0.25, 0.3) is 16.7 Å². The summed E-state index contributed by atoms with van der Waals surface area (Å²) in [6.07, 6.45) is 3.45. The van der Waals surface area contributed by atoms with Crippen LogP contribution in [0.15, 0.2) is 30.6 Å². The van der Waals surface area contributed by atoms with Crippen molar-refractivity contribution in [3.05, 3.63) is 47.0 Å². The summed E-state index contributed by atoms with van der Waals surface area (Å²) in [5.74, 6) is 1.70. The van der Waals surface area contributed by atoms with E-state index in [1.54, 1.807) is 25.6 Å². The van der Waals surface area contributed by atoms with Crippen molar-refractivity contribution in [1.29, 1.82) is 0 Å². The summed E-state index contributed by atoms with van der Waals surface area (Å²) in [6.45, 7) is 1.95. The number of fused-ring (bicyclic) bond motifs is 1. The molecule has 0 amide bonds. The molecule has 0 N–H and O–H groups in total. The monoisotopic (exact) mass is 321 g/mol. The summed E-state index contributed by atoms with van der Waals surface area (Å²) in [4.78, 5) is 8.61. The Morgan fingerprint density at radius 3 is 2.86 bits per heavy atom. The highest BCUT2D eigenvalue weighted by molar-refractivity contribution is 6.31. The second-order valence-electron chi connectivity index (χ2n) is 4.63. The minimum atomic E-state index is 0.291. The van der Waals surface area contributed by atoms with Crippen LogP contribution in [0.3, 0.4) is 0 Å². The van der Waals surface area contributed by atoms with Crippen LogP contribution in [-0.2, 0) is 5.88 Å². The molecule has 108 valence electrons. The Balaban J connectivity index is 2.37. The molecule has 0 unspecified atom stereocenters. The summed E-state index contributed by atoms with van der Waals surface area (Å²) < 4.78 is 7.44. The van der Waals surface area contributed by atoms with Gasteiger partial charge in [-0.05, 0) is 24.6 Å². The molecule has 0 bridgehead atoms. The number of ether oxygens (including phenoxy) is 1. The van der Waals surface area contributed by atoms with Gasteiger partial charge in [-0.3, -0.25) is 9.55 Å². The molecule has 0 spiro atoms. The predicted octanol–water partition coefficient (Wildman–Crippen LogP) is 4.13. The van der Waals surface area contributed by atoms with Crippen LogP contribution in [0.2, 0.25) is 5.02 Å². The summed E-state index contributed by atoms with van der Waals surface area (Å²) in [7, 11) is 1.62. The first-order chi connectivity index (χ1) is 10.2. The van der Waals surface area contributed by atoms with Crippen molar-refractivity contribution < 1.29 is 4.74 Å². The van der Waals surface area contributed by atoms with Crippen LogP contribution in [-0.4, -0.2) is 21.6 Å². The molecule has 0 fully saturated rings. The minimum absolute atomic E-state index is 0.291. The quantitative estimate of drug-likeness (QED) is 0.681. The van der Waals surface area contributed by atoms with E-state index in [9.17, 15) is 0 Å². The predicted molar refractivity (Wildman–Crippen MR) is 84.7 cm³/mol. The smallest absolute Gasteiger partial charge is 0.144 e. The van der Waals surface area contributed by atoms with Gasteiger partial charge in [0.15, 0.2) is 0 Å². The molecule has 2 heterocycles. The van der Waals surface area contributed by atoms with Crippen LogP contribution in [0.1, 0.15) is 11.4 Å². The first-order valence-corrected chi connectivity index (χ1v) is 7.28. The zero-order chi connectivity index (χ0) is 15.0. The summed E-state index contributed by atoms with van der Waals surface area (Å²) in [6, 6.07) is 5.68. The van der Waals surface area contributed by atoms with Crippen LogP contribution >= 0.6 is 23.2 Å². The third-order valence-corrected chi connectivity index (χ3v) is 3.99. The number of imidazole rings is 1. The molecule has 0 atom stereocenters. The van der Waals surface area contributed by atoms with E-state index < -0.39 is 0 Å². The fourth-order valence-electron chi connectivity index (χ4n) is 2.33. The molecule has 0 saturated heterocycles. The number of methoxy groups -OCH3 is 1. The lowest BCUT2D eigenvalue weighted by Crippen LogP contribution is -2.03. The average molecular weight is 322 g/mol. The fourth-order valence-corrected chi connectivity index (χ4v) is 2.66. The van der Waals surface area contributed by atoms with Crippen molar-refractivity contribution in [2.45, 2.75) is 12.8 Å². The number of nitrogens with zero attached hydrogens (tertiary/aromatic N) is 3. The van der Waals surface area contributed by atoms with Crippen molar-refractivity contribution >= 4 is 34.2 Å². The third-order valence-electron chi connectivity index (χ3n) is 3.35. The Hall–Kier alpha value is -1.78. The first kappa shape index (κ1) is 14.2. The Morgan fingerprint density at radius 1 is 1.33 bits per heavy atom. The maximum atomic E-state index is 6.18. The number of pyridine rings is 1. The topological polar surface area (TPSA) is 39.9 Å². The van der Waals surface area contributed by atoms with Crippen molar-refractivity contribution in [1.82, 2.24) is 14.5 Å². The lowest BCUT2D eigenvalue weighted by Gasteiger charge is -2.14. The maximum Gasteiger partial charge on any atom is 0.144 e. The van der Waals surface area contributed by atoms with E-state index in [-0.39, 0.29) is 0 Å². The van der Waals surface area contributed by atoms with Crippen molar-refractivity contribution in [2.24, 2.45) is 0 Å². The average Bonchev–Trinajstić information content (AvgIpc) is 2.88. The Kier molecular flexibility index (Phi) is 3.74. The second-order valence-corrected chi connectivity index (χ2v) is 5.31. The number of benzene rings is 1. The third kappa shape index (κ3) is 2.34. The highest BCUT2D eigenvalue weighted by atomic mass is 35.5. The van der Waals surface area contributed by atoms with Gasteiger partial charge in [-0.15, -0.1) is 11.6 Å². The van der Waals surface area contributed by atoms with Crippen LogP contribution in [0, 0.1) is 6.92 Å². The molecule has 0 aliphatic carbocycles. The van der Waals surface area contributed by atoms with Crippen molar-refractivity contribution in [3.63, 3.8) is 0 Å². The van der Waals surface area contributed by atoms with E-state index in [0.29, 0.717) is 16.7 Å². The summed E-state index contributed by atoms with van der Waals surface area (Å²) >= 11 is 12.2. The molecular weight excluding hydrogens is 309 g/mol. The SMILES string of the molecule is COc1cc(Cl)c(C)cc1-n1c(CCl)nc2cnccc21. The van der Waals surface area contributed by atoms with Crippen LogP contribution in [0.4, 0.5) is 0 Å². The van der Waals surface area contributed by atoms with Crippen LogP contribution in [0.5, 0.6) is 5.75 Å². The number of rotatable bonds is 3. The standard InChI is InChI=1S/C15H13Cl2N3O/c1-9-5-13(14(21-2)6-10(9)17)20-12-3-4-18-8-11(12)19-15(20)7-16/h3-6,8H,7H2,1-2H3. The van der Waals surface area contributed by atoms with Gasteiger partial charge in [0.2, 0.25) is 0 Å². The molecule has 6 heteroatoms. The van der Waals surface area contributed by atoms with E-state index in [0.717, 1.165) is 28.1 Å². The highest BCUT2D eigenvalue weighted by Crippen LogP contribution is 2.33. The molecule has 21 heavy (non-hydrogen) atoms. The van der Waals surface area contributed by atoms with Crippen LogP contribution < -0.4 is 4.74 Å². The van der Waals surface area contributed by atoms with Gasteiger partial charge in [-0.1, -0.05) is 11.6 Å². The fraction of sp³-hybridized carbons (Fsp3) is 0.200. The normalized spacial score (nSPS) is 11.0. The number of aryl methyl sites for hydroxylation is 1. The first-order valence-electron chi connectivity index (χ1n) is 6.37. The Labute approximate surface area is 132 Å². The van der Waals surface area contributed by atoms with E-state index in [1.165, 1.54) is 0 Å². The van der Waals surface area contributed by atoms with Gasteiger partial charge >= 0.3 is 0 Å². The van der Waals surface area contributed by atoms with Gasteiger partial charge in [0, 0.05) is 17.3 Å². The maximum absolute atomic E-state index is 6.18. The molecule has 3 aromatic rings. The number of halogens is 2. The zero-order valence-corrected chi connectivity index (χ0v) is 13.1. The molecule has 0 saturated carbocycles. The molecule has 2 aromatic heterocycles. The number of alkyl halides is 1. The lowest BCUT2D eigenvalue weighted by atomic mass is 10.2. The van der Waals surface area contributed by atoms with Gasteiger partial charge in [-0.2, -0.15) is 0 Å². The zero-order valence-electron chi connectivity index (χ0n) is 11.6. The molecule has 4 nitrogen and oxygen atoms in total. The summed E-state index contributed by atoms with van der Waals surface area (Å²) in [5.41, 5.74) is 3.55. The number of aromatic nitrogens is 3. The Bertz CT molecular complexity index is 814. The number of hydrogen-bond acceptors (Lipinski definition) is 3. The second kappa shape index (κ2) is 5.54. The van der Waals surface area contributed by atoms with Gasteiger partial charge in [0.05, 0.1) is 30.4 Å². The molecule has 0 radical (unpaired) electrons. The minimum Gasteiger partial charge on any atom is -0.495 e. The van der Waals surface area contributed by atoms with E-state index in [1.807, 2.05) is 23.6 Å².